The van der Waals surface area contributed by atoms with Gasteiger partial charge >= 0.3 is 0 Å². The molecule has 0 saturated carbocycles. The predicted molar refractivity (Wildman–Crippen MR) is 142 cm³/mol. The number of benzene rings is 3. The number of hydrogen-bond donors (Lipinski definition) is 1. The molecular weight excluding hydrogens is 511 g/mol. The first-order valence-corrected chi connectivity index (χ1v) is 12.0. The van der Waals surface area contributed by atoms with E-state index < -0.39 is 5.91 Å². The minimum Gasteiger partial charge on any atom is -0.271 e. The molecule has 0 aliphatic carbocycles. The summed E-state index contributed by atoms with van der Waals surface area (Å²) in [5, 5.41) is 22.0. The third-order valence-electron chi connectivity index (χ3n) is 5.33. The maximum absolute atomic E-state index is 12.4. The Hall–Kier alpha value is -4.34. The third-order valence-corrected chi connectivity index (χ3v) is 6.07. The zero-order valence-corrected chi connectivity index (χ0v) is 20.9. The molecule has 1 N–H and O–H groups in total. The first kappa shape index (κ1) is 24.4. The van der Waals surface area contributed by atoms with Crippen molar-refractivity contribution in [3.8, 4) is 22.6 Å². The smallest absolute Gasteiger partial charge is 0.263 e. The van der Waals surface area contributed by atoms with Crippen molar-refractivity contribution < 1.29 is 4.79 Å². The summed E-state index contributed by atoms with van der Waals surface area (Å²) < 4.78 is 1.79. The lowest BCUT2D eigenvalue weighted by Gasteiger charge is -2.03. The van der Waals surface area contributed by atoms with E-state index in [1.54, 1.807) is 17.0 Å². The van der Waals surface area contributed by atoms with Crippen LogP contribution in [-0.2, 0) is 17.9 Å². The average molecular weight is 531 g/mol. The van der Waals surface area contributed by atoms with E-state index in [0.29, 0.717) is 22.4 Å². The Morgan fingerprint density at radius 1 is 0.919 bits per heavy atom. The molecule has 3 aromatic carbocycles. The second kappa shape index (κ2) is 11.2. The molecule has 0 bridgehead atoms. The van der Waals surface area contributed by atoms with E-state index in [9.17, 15) is 4.79 Å². The lowest BCUT2D eigenvalue weighted by atomic mass is 10.1. The van der Waals surface area contributed by atoms with Gasteiger partial charge in [-0.05, 0) is 22.9 Å². The highest BCUT2D eigenvalue weighted by Crippen LogP contribution is 2.24. The minimum atomic E-state index is -0.391. The Balaban J connectivity index is 1.29. The molecule has 1 amide bonds. The number of hydrazone groups is 1. The molecule has 0 fully saturated rings. The van der Waals surface area contributed by atoms with Crippen LogP contribution in [0.5, 0.6) is 0 Å². The number of hydrogen-bond acceptors (Lipinski definition) is 6. The molecule has 0 unspecified atom stereocenters. The van der Waals surface area contributed by atoms with Gasteiger partial charge in [-0.2, -0.15) is 15.0 Å². The van der Waals surface area contributed by atoms with Gasteiger partial charge in [0.05, 0.1) is 22.8 Å². The summed E-state index contributed by atoms with van der Waals surface area (Å²) in [4.78, 5) is 13.6. The SMILES string of the molecule is O=C(Cn1nnc(-c2ccccc2)n1)N/N=C\c1cn(Cc2ccc(Cl)c(Cl)c2)nc1-c1ccccc1. The Labute approximate surface area is 222 Å². The number of nitrogens with zero attached hydrogens (tertiary/aromatic N) is 7. The summed E-state index contributed by atoms with van der Waals surface area (Å²) in [7, 11) is 0. The number of aromatic nitrogens is 6. The number of nitrogens with one attached hydrogen (secondary N) is 1. The van der Waals surface area contributed by atoms with Crippen LogP contribution < -0.4 is 5.43 Å². The highest BCUT2D eigenvalue weighted by molar-refractivity contribution is 6.42. The van der Waals surface area contributed by atoms with Crippen molar-refractivity contribution in [1.82, 2.24) is 35.4 Å². The van der Waals surface area contributed by atoms with E-state index in [1.165, 1.54) is 4.80 Å². The molecule has 37 heavy (non-hydrogen) atoms. The Bertz CT molecular complexity index is 1550. The summed E-state index contributed by atoms with van der Waals surface area (Å²) in [6, 6.07) is 24.6. The molecule has 5 aromatic rings. The van der Waals surface area contributed by atoms with E-state index in [2.05, 4.69) is 25.9 Å². The monoisotopic (exact) mass is 530 g/mol. The van der Waals surface area contributed by atoms with Crippen LogP contribution in [0.15, 0.2) is 90.2 Å². The van der Waals surface area contributed by atoms with E-state index in [4.69, 9.17) is 28.3 Å². The molecule has 0 radical (unpaired) electrons. The van der Waals surface area contributed by atoms with E-state index in [0.717, 1.165) is 27.9 Å². The van der Waals surface area contributed by atoms with Crippen molar-refractivity contribution in [1.29, 1.82) is 0 Å². The van der Waals surface area contributed by atoms with Gasteiger partial charge in [0, 0.05) is 22.9 Å². The lowest BCUT2D eigenvalue weighted by molar-refractivity contribution is -0.122. The summed E-state index contributed by atoms with van der Waals surface area (Å²) in [6.07, 6.45) is 3.41. The van der Waals surface area contributed by atoms with Gasteiger partial charge in [-0.3, -0.25) is 9.48 Å². The van der Waals surface area contributed by atoms with Crippen molar-refractivity contribution in [3.63, 3.8) is 0 Å². The first-order valence-electron chi connectivity index (χ1n) is 11.3. The standard InChI is InChI=1S/C26H20Cl2N8O/c27-22-12-11-18(13-23(22)28)15-35-16-21(25(32-35)19-7-3-1-4-8-19)14-29-30-24(37)17-36-33-26(31-34-36)20-9-5-2-6-10-20/h1-14,16H,15,17H2,(H,30,37)/b29-14-. The predicted octanol–water partition coefficient (Wildman–Crippen LogP) is 4.71. The van der Waals surface area contributed by atoms with E-state index >= 15 is 0 Å². The van der Waals surface area contributed by atoms with Gasteiger partial charge in [-0.1, -0.05) is 89.9 Å². The summed E-state index contributed by atoms with van der Waals surface area (Å²) in [5.74, 6) is 0.0523. The van der Waals surface area contributed by atoms with E-state index in [-0.39, 0.29) is 6.54 Å². The maximum atomic E-state index is 12.4. The van der Waals surface area contributed by atoms with Crippen molar-refractivity contribution in [2.24, 2.45) is 5.10 Å². The van der Waals surface area contributed by atoms with Gasteiger partial charge < -0.3 is 0 Å². The van der Waals surface area contributed by atoms with Crippen molar-refractivity contribution in [3.05, 3.63) is 106 Å². The van der Waals surface area contributed by atoms with Crippen molar-refractivity contribution >= 4 is 35.3 Å². The third kappa shape index (κ3) is 6.08. The zero-order valence-electron chi connectivity index (χ0n) is 19.4. The fourth-order valence-electron chi connectivity index (χ4n) is 3.61. The second-order valence-electron chi connectivity index (χ2n) is 8.05. The fourth-order valence-corrected chi connectivity index (χ4v) is 3.93. The van der Waals surface area contributed by atoms with Gasteiger partial charge in [-0.25, -0.2) is 5.43 Å². The van der Waals surface area contributed by atoms with Crippen molar-refractivity contribution in [2.75, 3.05) is 0 Å². The minimum absolute atomic E-state index is 0.126. The highest BCUT2D eigenvalue weighted by atomic mass is 35.5. The summed E-state index contributed by atoms with van der Waals surface area (Å²) in [6.45, 7) is 0.359. The van der Waals surface area contributed by atoms with E-state index in [1.807, 2.05) is 79.0 Å². The van der Waals surface area contributed by atoms with Gasteiger partial charge in [-0.15, -0.1) is 10.2 Å². The highest BCUT2D eigenvalue weighted by Gasteiger charge is 2.12. The van der Waals surface area contributed by atoms with Crippen LogP contribution >= 0.6 is 23.2 Å². The Morgan fingerprint density at radius 3 is 2.38 bits per heavy atom. The molecule has 0 aliphatic heterocycles. The molecule has 2 aromatic heterocycles. The molecular formula is C26H20Cl2N8O. The molecule has 2 heterocycles. The average Bonchev–Trinajstić information content (AvgIpc) is 3.54. The molecule has 0 aliphatic rings. The molecule has 11 heteroatoms. The van der Waals surface area contributed by atoms with Crippen LogP contribution in [0.1, 0.15) is 11.1 Å². The molecule has 5 rings (SSSR count). The Kier molecular flexibility index (Phi) is 7.34. The molecule has 0 saturated heterocycles. The maximum Gasteiger partial charge on any atom is 0.263 e. The van der Waals surface area contributed by atoms with Crippen LogP contribution in [0.2, 0.25) is 10.0 Å². The number of halogens is 2. The normalized spacial score (nSPS) is 11.2. The molecule has 184 valence electrons. The van der Waals surface area contributed by atoms with Crippen LogP contribution in [0.25, 0.3) is 22.6 Å². The number of amides is 1. The number of tetrazole rings is 1. The molecule has 0 spiro atoms. The van der Waals surface area contributed by atoms with Gasteiger partial charge in [0.25, 0.3) is 5.91 Å². The number of carbonyl (C=O) groups is 1. The number of carbonyl (C=O) groups excluding carboxylic acids is 1. The zero-order chi connectivity index (χ0) is 25.6. The second-order valence-corrected chi connectivity index (χ2v) is 8.86. The lowest BCUT2D eigenvalue weighted by Crippen LogP contribution is -2.24. The van der Waals surface area contributed by atoms with Gasteiger partial charge in [0.15, 0.2) is 0 Å². The van der Waals surface area contributed by atoms with Crippen LogP contribution in [0, 0.1) is 0 Å². The molecule has 0 atom stereocenters. The summed E-state index contributed by atoms with van der Waals surface area (Å²) in [5.41, 5.74) is 6.66. The van der Waals surface area contributed by atoms with Crippen LogP contribution in [0.3, 0.4) is 0 Å². The van der Waals surface area contributed by atoms with Crippen LogP contribution in [-0.4, -0.2) is 42.1 Å². The molecule has 9 nitrogen and oxygen atoms in total. The number of rotatable bonds is 8. The fraction of sp³-hybridized carbons (Fsp3) is 0.0769. The largest absolute Gasteiger partial charge is 0.271 e. The topological polar surface area (TPSA) is 103 Å². The first-order chi connectivity index (χ1) is 18.0. The van der Waals surface area contributed by atoms with Crippen LogP contribution in [0.4, 0.5) is 0 Å². The van der Waals surface area contributed by atoms with Gasteiger partial charge in [0.2, 0.25) is 5.82 Å². The van der Waals surface area contributed by atoms with Gasteiger partial charge in [0.1, 0.15) is 12.2 Å². The van der Waals surface area contributed by atoms with Crippen molar-refractivity contribution in [2.45, 2.75) is 13.1 Å². The quantitative estimate of drug-likeness (QED) is 0.231. The summed E-state index contributed by atoms with van der Waals surface area (Å²) >= 11 is 12.2. The Morgan fingerprint density at radius 2 is 1.65 bits per heavy atom.